The number of hydrogen-bond donors (Lipinski definition) is 2. The minimum atomic E-state index is -1.15. The molecule has 1 amide bonds. The normalized spacial score (nSPS) is 15.2. The average Bonchev–Trinajstić information content (AvgIpc) is 2.69. The zero-order valence-electron chi connectivity index (χ0n) is 18.9. The third-order valence-corrected chi connectivity index (χ3v) is 5.99. The van der Waals surface area contributed by atoms with Gasteiger partial charge in [0, 0.05) is 5.69 Å². The summed E-state index contributed by atoms with van der Waals surface area (Å²) in [7, 11) is 0. The van der Waals surface area contributed by atoms with Crippen LogP contribution in [0.4, 0.5) is 4.39 Å². The lowest BCUT2D eigenvalue weighted by Crippen LogP contribution is -2.50. The number of carboxylic acids is 1. The molecule has 1 heterocycles. The number of hydrogen-bond acceptors (Lipinski definition) is 3. The number of aliphatic carboxylic acids is 1. The highest BCUT2D eigenvalue weighted by Gasteiger charge is 2.33. The second-order valence-corrected chi connectivity index (χ2v) is 9.57. The number of carbonyl (C=O) groups excluding carboxylic acids is 1. The zero-order chi connectivity index (χ0) is 23.5. The minimum absolute atomic E-state index is 0.0538. The lowest BCUT2D eigenvalue weighted by atomic mass is 9.86. The molecule has 1 aliphatic rings. The van der Waals surface area contributed by atoms with Crippen LogP contribution in [0.15, 0.2) is 35.1 Å². The number of benzene rings is 1. The highest BCUT2D eigenvalue weighted by molar-refractivity contribution is 5.96. The summed E-state index contributed by atoms with van der Waals surface area (Å²) in [6.07, 6.45) is 5.56. The number of nitrogens with one attached hydrogen (secondary N) is 1. The Morgan fingerprint density at radius 1 is 1.09 bits per heavy atom. The topological polar surface area (TPSA) is 88.4 Å². The molecule has 1 unspecified atom stereocenters. The van der Waals surface area contributed by atoms with Gasteiger partial charge in [-0.3, -0.25) is 9.59 Å². The number of pyridine rings is 1. The van der Waals surface area contributed by atoms with E-state index in [1.807, 2.05) is 0 Å². The number of fused-ring (bicyclic) bond motifs is 1. The van der Waals surface area contributed by atoms with E-state index in [0.717, 1.165) is 55.3 Å². The molecule has 1 aliphatic carbocycles. The molecule has 0 spiro atoms. The van der Waals surface area contributed by atoms with Crippen LogP contribution >= 0.6 is 0 Å². The molecule has 0 saturated carbocycles. The van der Waals surface area contributed by atoms with E-state index in [1.165, 1.54) is 12.1 Å². The quantitative estimate of drug-likeness (QED) is 0.735. The van der Waals surface area contributed by atoms with Gasteiger partial charge in [-0.1, -0.05) is 45.7 Å². The largest absolute Gasteiger partial charge is 0.480 e. The fraction of sp³-hybridized carbons (Fsp3) is 0.480. The number of aromatic nitrogens is 1. The van der Waals surface area contributed by atoms with E-state index in [0.29, 0.717) is 0 Å². The third-order valence-electron chi connectivity index (χ3n) is 5.99. The summed E-state index contributed by atoms with van der Waals surface area (Å²) in [5.41, 5.74) is 1.37. The van der Waals surface area contributed by atoms with Gasteiger partial charge in [0.1, 0.15) is 17.4 Å². The van der Waals surface area contributed by atoms with Gasteiger partial charge in [-0.15, -0.1) is 0 Å². The van der Waals surface area contributed by atoms with Gasteiger partial charge in [-0.05, 0) is 60.4 Å². The van der Waals surface area contributed by atoms with Crippen molar-refractivity contribution in [2.24, 2.45) is 5.41 Å². The molecule has 0 radical (unpaired) electrons. The minimum Gasteiger partial charge on any atom is -0.480 e. The lowest BCUT2D eigenvalue weighted by molar-refractivity contribution is -0.142. The zero-order valence-corrected chi connectivity index (χ0v) is 18.9. The molecule has 6 nitrogen and oxygen atoms in total. The van der Waals surface area contributed by atoms with E-state index in [4.69, 9.17) is 0 Å². The van der Waals surface area contributed by atoms with Crippen LogP contribution in [0.2, 0.25) is 0 Å². The van der Waals surface area contributed by atoms with Crippen LogP contribution in [-0.4, -0.2) is 27.6 Å². The highest BCUT2D eigenvalue weighted by atomic mass is 19.1. The van der Waals surface area contributed by atoms with Gasteiger partial charge in [0.25, 0.3) is 11.5 Å². The molecule has 32 heavy (non-hydrogen) atoms. The number of rotatable bonds is 5. The van der Waals surface area contributed by atoms with Gasteiger partial charge in [0.2, 0.25) is 0 Å². The molecular weight excluding hydrogens is 411 g/mol. The summed E-state index contributed by atoms with van der Waals surface area (Å²) in [4.78, 5) is 38.2. The monoisotopic (exact) mass is 442 g/mol. The molecule has 2 N–H and O–H groups in total. The van der Waals surface area contributed by atoms with Gasteiger partial charge in [0.15, 0.2) is 0 Å². The van der Waals surface area contributed by atoms with Crippen molar-refractivity contribution in [3.05, 3.63) is 68.9 Å². The predicted octanol–water partition coefficient (Wildman–Crippen LogP) is 3.92. The van der Waals surface area contributed by atoms with Crippen molar-refractivity contribution in [2.45, 2.75) is 71.9 Å². The SMILES string of the molecule is CC(C)(C)C(NC(=O)c1cc2c(n(Cc3ccc(F)cc3)c1=O)CCCCCC2)C(=O)O. The molecule has 0 bridgehead atoms. The molecule has 3 rings (SSSR count). The standard InChI is InChI=1S/C25H31FN2O4/c1-25(2,3)21(24(31)32)27-22(29)19-14-17-8-6-4-5-7-9-20(17)28(23(19)30)15-16-10-12-18(26)13-11-16/h10-14,21H,4-9,15H2,1-3H3,(H,27,29)(H,31,32). The van der Waals surface area contributed by atoms with E-state index in [1.54, 1.807) is 43.5 Å². The Bertz CT molecular complexity index is 1050. The first kappa shape index (κ1) is 23.7. The Labute approximate surface area is 187 Å². The van der Waals surface area contributed by atoms with Crippen molar-refractivity contribution < 1.29 is 19.1 Å². The Hall–Kier alpha value is -2.96. The number of aryl methyl sites for hydroxylation is 1. The summed E-state index contributed by atoms with van der Waals surface area (Å²) in [6, 6.07) is 6.46. The van der Waals surface area contributed by atoms with Crippen LogP contribution in [0.5, 0.6) is 0 Å². The first-order valence-electron chi connectivity index (χ1n) is 11.1. The van der Waals surface area contributed by atoms with Crippen molar-refractivity contribution in [1.29, 1.82) is 0 Å². The van der Waals surface area contributed by atoms with E-state index >= 15 is 0 Å². The Balaban J connectivity index is 2.07. The molecule has 0 fully saturated rings. The van der Waals surface area contributed by atoms with Crippen LogP contribution in [-0.2, 0) is 24.2 Å². The summed E-state index contributed by atoms with van der Waals surface area (Å²) < 4.78 is 15.0. The van der Waals surface area contributed by atoms with Crippen LogP contribution in [0.3, 0.4) is 0 Å². The molecular formula is C25H31FN2O4. The van der Waals surface area contributed by atoms with E-state index in [-0.39, 0.29) is 17.9 Å². The predicted molar refractivity (Wildman–Crippen MR) is 120 cm³/mol. The number of carboxylic acid groups (broad SMARTS) is 1. The van der Waals surface area contributed by atoms with Crippen LogP contribution in [0, 0.1) is 11.2 Å². The van der Waals surface area contributed by atoms with Crippen molar-refractivity contribution in [3.63, 3.8) is 0 Å². The van der Waals surface area contributed by atoms with E-state index < -0.39 is 28.9 Å². The molecule has 0 aliphatic heterocycles. The molecule has 172 valence electrons. The Morgan fingerprint density at radius 2 is 1.72 bits per heavy atom. The number of nitrogens with zero attached hydrogens (tertiary/aromatic N) is 1. The number of carbonyl (C=O) groups is 2. The smallest absolute Gasteiger partial charge is 0.326 e. The van der Waals surface area contributed by atoms with Crippen LogP contribution in [0.25, 0.3) is 0 Å². The molecule has 1 aromatic heterocycles. The fourth-order valence-electron chi connectivity index (χ4n) is 4.19. The Morgan fingerprint density at radius 3 is 2.31 bits per heavy atom. The summed E-state index contributed by atoms with van der Waals surface area (Å²) in [6.45, 7) is 5.39. The second-order valence-electron chi connectivity index (χ2n) is 9.57. The summed E-state index contributed by atoms with van der Waals surface area (Å²) in [5.74, 6) is -2.19. The molecule has 7 heteroatoms. The van der Waals surface area contributed by atoms with Crippen LogP contribution < -0.4 is 10.9 Å². The van der Waals surface area contributed by atoms with Gasteiger partial charge in [-0.2, -0.15) is 0 Å². The average molecular weight is 443 g/mol. The summed E-state index contributed by atoms with van der Waals surface area (Å²) >= 11 is 0. The van der Waals surface area contributed by atoms with Crippen molar-refractivity contribution >= 4 is 11.9 Å². The van der Waals surface area contributed by atoms with Gasteiger partial charge in [0.05, 0.1) is 6.54 Å². The maximum Gasteiger partial charge on any atom is 0.326 e. The van der Waals surface area contributed by atoms with Crippen LogP contribution in [0.1, 0.15) is 73.6 Å². The highest BCUT2D eigenvalue weighted by Crippen LogP contribution is 2.23. The van der Waals surface area contributed by atoms with E-state index in [9.17, 15) is 23.9 Å². The van der Waals surface area contributed by atoms with Gasteiger partial charge in [-0.25, -0.2) is 9.18 Å². The molecule has 0 saturated heterocycles. The Kier molecular flexibility index (Phi) is 7.16. The van der Waals surface area contributed by atoms with Gasteiger partial charge < -0.3 is 15.0 Å². The first-order chi connectivity index (χ1) is 15.1. The van der Waals surface area contributed by atoms with Crippen molar-refractivity contribution in [2.75, 3.05) is 0 Å². The fourth-order valence-corrected chi connectivity index (χ4v) is 4.19. The van der Waals surface area contributed by atoms with E-state index in [2.05, 4.69) is 5.32 Å². The van der Waals surface area contributed by atoms with Crippen molar-refractivity contribution in [1.82, 2.24) is 9.88 Å². The number of halogens is 1. The van der Waals surface area contributed by atoms with Gasteiger partial charge >= 0.3 is 5.97 Å². The molecule has 1 atom stereocenters. The second kappa shape index (κ2) is 9.67. The number of amides is 1. The maximum atomic E-state index is 13.4. The first-order valence-corrected chi connectivity index (χ1v) is 11.1. The summed E-state index contributed by atoms with van der Waals surface area (Å²) in [5, 5.41) is 12.1. The lowest BCUT2D eigenvalue weighted by Gasteiger charge is -2.28. The molecule has 1 aromatic carbocycles. The van der Waals surface area contributed by atoms with Crippen molar-refractivity contribution in [3.8, 4) is 0 Å². The maximum absolute atomic E-state index is 13.4. The third kappa shape index (κ3) is 5.44. The molecule has 2 aromatic rings.